The molecule has 0 saturated carbocycles. The van der Waals surface area contributed by atoms with Crippen LogP contribution in [0.2, 0.25) is 0 Å². The lowest BCUT2D eigenvalue weighted by molar-refractivity contribution is -0.133. The number of nitrogen functional groups attached to an aromatic ring is 1. The second kappa shape index (κ2) is 9.62. The van der Waals surface area contributed by atoms with Crippen molar-refractivity contribution in [2.24, 2.45) is 0 Å². The maximum atomic E-state index is 12.5. The number of anilines is 1. The second-order valence-electron chi connectivity index (χ2n) is 6.16. The monoisotopic (exact) mass is 400 g/mol. The molecule has 0 aliphatic carbocycles. The van der Waals surface area contributed by atoms with Crippen molar-refractivity contribution in [2.75, 3.05) is 18.8 Å². The van der Waals surface area contributed by atoms with Crippen molar-refractivity contribution in [3.8, 4) is 6.07 Å². The van der Waals surface area contributed by atoms with Crippen LogP contribution in [0.3, 0.4) is 0 Å². The number of likely N-dealkylation sites (tertiary alicyclic amines) is 1. The van der Waals surface area contributed by atoms with E-state index >= 15 is 0 Å². The Morgan fingerprint density at radius 2 is 1.96 bits per heavy atom. The summed E-state index contributed by atoms with van der Waals surface area (Å²) in [6.45, 7) is 1.05. The van der Waals surface area contributed by atoms with Crippen molar-refractivity contribution in [3.63, 3.8) is 0 Å². The molecular formula is C17H22Cl2N4O3. The van der Waals surface area contributed by atoms with Crippen molar-refractivity contribution >= 4 is 42.4 Å². The molecule has 3 rings (SSSR count). The number of carbonyl (C=O) groups excluding carboxylic acids is 2. The number of esters is 1. The number of amides is 1. The summed E-state index contributed by atoms with van der Waals surface area (Å²) >= 11 is 0. The van der Waals surface area contributed by atoms with Crippen LogP contribution in [0.4, 0.5) is 5.69 Å². The fourth-order valence-corrected chi connectivity index (χ4v) is 3.18. The normalized spacial score (nSPS) is 24.1. The maximum Gasteiger partial charge on any atom is 0.338 e. The van der Waals surface area contributed by atoms with Gasteiger partial charge in [-0.25, -0.2) is 4.79 Å². The average Bonchev–Trinajstić information content (AvgIpc) is 3.23. The number of nitriles is 1. The Bertz CT molecular complexity index is 678. The van der Waals surface area contributed by atoms with Crippen LogP contribution in [0.1, 0.15) is 29.6 Å². The van der Waals surface area contributed by atoms with Gasteiger partial charge in [0.25, 0.3) is 0 Å². The third-order valence-electron chi connectivity index (χ3n) is 4.49. The number of rotatable bonds is 3. The molecular weight excluding hydrogens is 379 g/mol. The molecule has 0 aromatic heterocycles. The van der Waals surface area contributed by atoms with Crippen molar-refractivity contribution < 1.29 is 14.3 Å². The molecule has 1 aromatic carbocycles. The largest absolute Gasteiger partial charge is 0.457 e. The highest BCUT2D eigenvalue weighted by molar-refractivity contribution is 5.90. The SMILES string of the molecule is Cl.Cl.N#C[C@@H]1CCCN1C(=O)[C@@H]1C[C@H](OC(=O)c2ccc(N)cc2)CN1. The molecule has 142 valence electrons. The summed E-state index contributed by atoms with van der Waals surface area (Å²) < 4.78 is 5.46. The molecule has 2 aliphatic rings. The molecule has 9 heteroatoms. The lowest BCUT2D eigenvalue weighted by atomic mass is 10.1. The standard InChI is InChI=1S/C17H20N4O3.2ClH/c18-9-13-2-1-7-21(13)16(22)15-8-14(10-20-15)24-17(23)11-3-5-12(19)6-4-11;;/h3-6,13-15,20H,1-2,7-8,10,19H2;2*1H/t13-,14-,15-;;/m0../s1. The summed E-state index contributed by atoms with van der Waals surface area (Å²) in [4.78, 5) is 26.3. The van der Waals surface area contributed by atoms with Crippen molar-refractivity contribution in [3.05, 3.63) is 29.8 Å². The maximum absolute atomic E-state index is 12.5. The lowest BCUT2D eigenvalue weighted by Gasteiger charge is -2.23. The number of hydrogen-bond acceptors (Lipinski definition) is 6. The highest BCUT2D eigenvalue weighted by Gasteiger charge is 2.38. The molecule has 26 heavy (non-hydrogen) atoms. The summed E-state index contributed by atoms with van der Waals surface area (Å²) in [5.41, 5.74) is 6.61. The molecule has 3 N–H and O–H groups in total. The Kier molecular flexibility index (Phi) is 8.15. The van der Waals surface area contributed by atoms with Crippen LogP contribution in [-0.2, 0) is 9.53 Å². The van der Waals surface area contributed by atoms with Crippen molar-refractivity contribution in [2.45, 2.75) is 37.5 Å². The highest BCUT2D eigenvalue weighted by atomic mass is 35.5. The van der Waals surface area contributed by atoms with E-state index in [-0.39, 0.29) is 42.9 Å². The predicted octanol–water partition coefficient (Wildman–Crippen LogP) is 1.51. The minimum absolute atomic E-state index is 0. The highest BCUT2D eigenvalue weighted by Crippen LogP contribution is 2.21. The number of nitrogens with zero attached hydrogens (tertiary/aromatic N) is 2. The zero-order chi connectivity index (χ0) is 17.1. The van der Waals surface area contributed by atoms with E-state index in [9.17, 15) is 9.59 Å². The fourth-order valence-electron chi connectivity index (χ4n) is 3.18. The van der Waals surface area contributed by atoms with Crippen LogP contribution in [0, 0.1) is 11.3 Å². The number of halogens is 2. The van der Waals surface area contributed by atoms with Crippen LogP contribution >= 0.6 is 24.8 Å². The third-order valence-corrected chi connectivity index (χ3v) is 4.49. The van der Waals surface area contributed by atoms with Gasteiger partial charge in [0.05, 0.1) is 17.7 Å². The smallest absolute Gasteiger partial charge is 0.338 e. The Morgan fingerprint density at radius 3 is 2.62 bits per heavy atom. The Morgan fingerprint density at radius 1 is 1.27 bits per heavy atom. The molecule has 1 aromatic rings. The van der Waals surface area contributed by atoms with Gasteiger partial charge >= 0.3 is 5.97 Å². The van der Waals surface area contributed by atoms with Gasteiger partial charge in [-0.2, -0.15) is 5.26 Å². The van der Waals surface area contributed by atoms with Crippen LogP contribution in [-0.4, -0.2) is 48.1 Å². The van der Waals surface area contributed by atoms with Crippen molar-refractivity contribution in [1.82, 2.24) is 10.2 Å². The molecule has 0 bridgehead atoms. The molecule has 2 heterocycles. The van der Waals surface area contributed by atoms with Crippen LogP contribution < -0.4 is 11.1 Å². The number of nitrogens with two attached hydrogens (primary N) is 1. The van der Waals surface area contributed by atoms with Crippen LogP contribution in [0.5, 0.6) is 0 Å². The van der Waals surface area contributed by atoms with Crippen molar-refractivity contribution in [1.29, 1.82) is 5.26 Å². The van der Waals surface area contributed by atoms with E-state index in [1.807, 2.05) is 0 Å². The van der Waals surface area contributed by atoms with E-state index in [4.69, 9.17) is 15.7 Å². The molecule has 0 unspecified atom stereocenters. The van der Waals surface area contributed by atoms with Gasteiger partial charge in [0.15, 0.2) is 0 Å². The summed E-state index contributed by atoms with van der Waals surface area (Å²) in [5, 5.41) is 12.2. The van der Waals surface area contributed by atoms with Gasteiger partial charge in [-0.15, -0.1) is 24.8 Å². The number of ether oxygens (including phenoxy) is 1. The number of benzene rings is 1. The van der Waals surface area contributed by atoms with Gasteiger partial charge in [0.2, 0.25) is 5.91 Å². The predicted molar refractivity (Wildman–Crippen MR) is 101 cm³/mol. The Labute approximate surface area is 164 Å². The van der Waals surface area contributed by atoms with Gasteiger partial charge in [0.1, 0.15) is 12.1 Å². The van der Waals surface area contributed by atoms with Crippen LogP contribution in [0.25, 0.3) is 0 Å². The van der Waals surface area contributed by atoms with E-state index in [2.05, 4.69) is 11.4 Å². The molecule has 7 nitrogen and oxygen atoms in total. The van der Waals surface area contributed by atoms with E-state index in [1.165, 1.54) is 0 Å². The number of carbonyl (C=O) groups is 2. The first-order valence-corrected chi connectivity index (χ1v) is 8.08. The van der Waals surface area contributed by atoms with Crippen LogP contribution in [0.15, 0.2) is 24.3 Å². The van der Waals surface area contributed by atoms with E-state index < -0.39 is 12.0 Å². The quantitative estimate of drug-likeness (QED) is 0.587. The minimum atomic E-state index is -0.425. The minimum Gasteiger partial charge on any atom is -0.457 e. The molecule has 2 aliphatic heterocycles. The second-order valence-corrected chi connectivity index (χ2v) is 6.16. The first-order chi connectivity index (χ1) is 11.6. The first-order valence-electron chi connectivity index (χ1n) is 8.08. The summed E-state index contributed by atoms with van der Waals surface area (Å²) in [5.74, 6) is -0.504. The van der Waals surface area contributed by atoms with E-state index in [0.717, 1.165) is 12.8 Å². The molecule has 0 spiro atoms. The topological polar surface area (TPSA) is 108 Å². The van der Waals surface area contributed by atoms with E-state index in [1.54, 1.807) is 29.2 Å². The van der Waals surface area contributed by atoms with Gasteiger partial charge in [-0.05, 0) is 37.1 Å². The summed E-state index contributed by atoms with van der Waals surface area (Å²) in [6, 6.07) is 7.95. The zero-order valence-corrected chi connectivity index (χ0v) is 15.7. The van der Waals surface area contributed by atoms with Gasteiger partial charge in [-0.1, -0.05) is 0 Å². The third kappa shape index (κ3) is 4.79. The molecule has 3 atom stereocenters. The van der Waals surface area contributed by atoms with Gasteiger partial charge in [-0.3, -0.25) is 4.79 Å². The summed E-state index contributed by atoms with van der Waals surface area (Å²) in [7, 11) is 0. The molecule has 2 saturated heterocycles. The molecule has 2 fully saturated rings. The summed E-state index contributed by atoms with van der Waals surface area (Å²) in [6.07, 6.45) is 1.65. The molecule has 0 radical (unpaired) electrons. The Hall–Kier alpha value is -2.01. The van der Waals surface area contributed by atoms with E-state index in [0.29, 0.717) is 30.8 Å². The fraction of sp³-hybridized carbons (Fsp3) is 0.471. The zero-order valence-electron chi connectivity index (χ0n) is 14.1. The Balaban J connectivity index is 0.00000169. The first kappa shape index (κ1) is 22.0. The molecule has 1 amide bonds. The number of hydrogen-bond donors (Lipinski definition) is 2. The van der Waals surface area contributed by atoms with Gasteiger partial charge in [0, 0.05) is 25.2 Å². The number of nitrogens with one attached hydrogen (secondary N) is 1. The lowest BCUT2D eigenvalue weighted by Crippen LogP contribution is -2.45. The average molecular weight is 401 g/mol. The van der Waals surface area contributed by atoms with Gasteiger partial charge < -0.3 is 20.7 Å².